The van der Waals surface area contributed by atoms with Gasteiger partial charge in [0.05, 0.1) is 5.69 Å². The monoisotopic (exact) mass is 516 g/mol. The Balaban J connectivity index is 0.00000420. The molecule has 0 radical (unpaired) electrons. The maximum Gasteiger partial charge on any atom is 0.191 e. The van der Waals surface area contributed by atoms with E-state index >= 15 is 0 Å². The van der Waals surface area contributed by atoms with Crippen molar-refractivity contribution < 1.29 is 4.39 Å². The van der Waals surface area contributed by atoms with E-state index in [1.165, 1.54) is 23.4 Å². The molecule has 0 amide bonds. The van der Waals surface area contributed by atoms with Crippen LogP contribution in [0.1, 0.15) is 29.4 Å². The van der Waals surface area contributed by atoms with Gasteiger partial charge in [-0.1, -0.05) is 12.1 Å². The van der Waals surface area contributed by atoms with E-state index in [0.29, 0.717) is 0 Å². The zero-order chi connectivity index (χ0) is 20.7. The predicted molar refractivity (Wildman–Crippen MR) is 128 cm³/mol. The smallest absolute Gasteiger partial charge is 0.191 e. The van der Waals surface area contributed by atoms with Crippen LogP contribution in [0.2, 0.25) is 0 Å². The number of hydrogen-bond donors (Lipinski definition) is 2. The van der Waals surface area contributed by atoms with Gasteiger partial charge in [0.15, 0.2) is 5.96 Å². The van der Waals surface area contributed by atoms with Gasteiger partial charge in [0.2, 0.25) is 0 Å². The number of guanidine groups is 1. The number of nitrogens with zero attached hydrogens (tertiary/aromatic N) is 4. The number of aromatic nitrogens is 2. The van der Waals surface area contributed by atoms with Crippen molar-refractivity contribution >= 4 is 29.9 Å². The highest BCUT2D eigenvalue weighted by Gasteiger charge is 2.14. The Morgan fingerprint density at radius 1 is 1.28 bits per heavy atom. The molecule has 2 N–H and O–H groups in total. The molecule has 2 rings (SSSR count). The molecule has 0 saturated carbocycles. The molecular weight excluding hydrogens is 482 g/mol. The highest BCUT2D eigenvalue weighted by molar-refractivity contribution is 14.0. The number of benzene rings is 1. The van der Waals surface area contributed by atoms with Crippen LogP contribution >= 0.6 is 24.0 Å². The van der Waals surface area contributed by atoms with Crippen LogP contribution in [0, 0.1) is 19.7 Å². The van der Waals surface area contributed by atoms with Crippen LogP contribution in [0.25, 0.3) is 0 Å². The normalized spacial score (nSPS) is 12.6. The molecule has 6 nitrogen and oxygen atoms in total. The van der Waals surface area contributed by atoms with Gasteiger partial charge in [-0.05, 0) is 57.5 Å². The maximum atomic E-state index is 13.0. The summed E-state index contributed by atoms with van der Waals surface area (Å²) in [5.41, 5.74) is 4.68. The molecule has 1 aromatic heterocycles. The minimum atomic E-state index is -0.200. The van der Waals surface area contributed by atoms with Gasteiger partial charge in [0, 0.05) is 45.5 Å². The average molecular weight is 516 g/mol. The number of aliphatic imine (C=N–C) groups is 1. The third kappa shape index (κ3) is 7.93. The quantitative estimate of drug-likeness (QED) is 0.322. The van der Waals surface area contributed by atoms with Crippen LogP contribution in [0.4, 0.5) is 4.39 Å². The van der Waals surface area contributed by atoms with E-state index in [-0.39, 0.29) is 35.8 Å². The van der Waals surface area contributed by atoms with Gasteiger partial charge in [-0.2, -0.15) is 5.10 Å². The molecule has 162 valence electrons. The van der Waals surface area contributed by atoms with Gasteiger partial charge in [-0.15, -0.1) is 24.0 Å². The van der Waals surface area contributed by atoms with E-state index in [2.05, 4.69) is 53.4 Å². The lowest BCUT2D eigenvalue weighted by atomic mass is 10.1. The molecule has 2 aromatic rings. The Morgan fingerprint density at radius 3 is 2.48 bits per heavy atom. The molecule has 0 aliphatic rings. The summed E-state index contributed by atoms with van der Waals surface area (Å²) in [4.78, 5) is 6.52. The second kappa shape index (κ2) is 12.1. The Bertz CT molecular complexity index is 787. The molecule has 0 aliphatic heterocycles. The van der Waals surface area contributed by atoms with Gasteiger partial charge >= 0.3 is 0 Å². The van der Waals surface area contributed by atoms with Crippen LogP contribution in [-0.4, -0.2) is 53.9 Å². The highest BCUT2D eigenvalue weighted by Crippen LogP contribution is 2.14. The first-order valence-electron chi connectivity index (χ1n) is 9.69. The number of rotatable bonds is 8. The predicted octanol–water partition coefficient (Wildman–Crippen LogP) is 3.02. The lowest BCUT2D eigenvalue weighted by Crippen LogP contribution is -2.45. The minimum absolute atomic E-state index is 0. The molecule has 0 bridgehead atoms. The van der Waals surface area contributed by atoms with E-state index < -0.39 is 0 Å². The second-order valence-corrected chi connectivity index (χ2v) is 7.39. The van der Waals surface area contributed by atoms with E-state index in [1.807, 2.05) is 23.9 Å². The number of halogens is 2. The molecular formula is C21H34FIN6. The third-order valence-corrected chi connectivity index (χ3v) is 4.93. The Morgan fingerprint density at radius 2 is 1.93 bits per heavy atom. The molecule has 0 aliphatic carbocycles. The minimum Gasteiger partial charge on any atom is -0.355 e. The van der Waals surface area contributed by atoms with Crippen molar-refractivity contribution in [2.75, 3.05) is 27.2 Å². The Kier molecular flexibility index (Phi) is 10.6. The highest BCUT2D eigenvalue weighted by atomic mass is 127. The van der Waals surface area contributed by atoms with Crippen molar-refractivity contribution in [2.45, 2.75) is 39.8 Å². The zero-order valence-electron chi connectivity index (χ0n) is 18.3. The van der Waals surface area contributed by atoms with Crippen molar-refractivity contribution in [1.82, 2.24) is 25.3 Å². The van der Waals surface area contributed by atoms with Crippen molar-refractivity contribution in [2.24, 2.45) is 12.0 Å². The lowest BCUT2D eigenvalue weighted by Gasteiger charge is -2.21. The molecule has 1 heterocycles. The number of hydrogen-bond acceptors (Lipinski definition) is 3. The van der Waals surface area contributed by atoms with Crippen LogP contribution in [0.15, 0.2) is 29.3 Å². The van der Waals surface area contributed by atoms with Crippen LogP contribution < -0.4 is 10.6 Å². The van der Waals surface area contributed by atoms with Gasteiger partial charge in [0.1, 0.15) is 5.82 Å². The lowest BCUT2D eigenvalue weighted by molar-refractivity contribution is 0.331. The fourth-order valence-electron chi connectivity index (χ4n) is 3.24. The van der Waals surface area contributed by atoms with E-state index in [1.54, 1.807) is 7.05 Å². The summed E-state index contributed by atoms with van der Waals surface area (Å²) in [6.45, 7) is 8.72. The molecule has 1 atom stereocenters. The topological polar surface area (TPSA) is 57.5 Å². The van der Waals surface area contributed by atoms with Gasteiger partial charge in [-0.25, -0.2) is 4.39 Å². The first-order valence-corrected chi connectivity index (χ1v) is 9.69. The first kappa shape index (κ1) is 25.4. The SMILES string of the molecule is CN=C(NCCN(C)Cc1ccc(F)cc1)NC(C)Cc1c(C)nn(C)c1C.I. The van der Waals surface area contributed by atoms with E-state index in [0.717, 1.165) is 43.3 Å². The van der Waals surface area contributed by atoms with Crippen molar-refractivity contribution in [3.05, 3.63) is 52.6 Å². The molecule has 0 saturated heterocycles. The van der Waals surface area contributed by atoms with Gasteiger partial charge < -0.3 is 15.5 Å². The first-order chi connectivity index (χ1) is 13.3. The summed E-state index contributed by atoms with van der Waals surface area (Å²) in [5, 5.41) is 11.3. The van der Waals surface area contributed by atoms with E-state index in [4.69, 9.17) is 0 Å². The average Bonchev–Trinajstić information content (AvgIpc) is 2.89. The summed E-state index contributed by atoms with van der Waals surface area (Å²) in [7, 11) is 5.82. The zero-order valence-corrected chi connectivity index (χ0v) is 20.6. The van der Waals surface area contributed by atoms with Crippen LogP contribution in [0.3, 0.4) is 0 Å². The Hall–Kier alpha value is -1.68. The number of likely N-dealkylation sites (N-methyl/N-ethyl adjacent to an activating group) is 1. The number of nitrogens with one attached hydrogen (secondary N) is 2. The molecule has 1 unspecified atom stereocenters. The molecule has 8 heteroatoms. The van der Waals surface area contributed by atoms with Gasteiger partial charge in [-0.3, -0.25) is 9.67 Å². The fourth-order valence-corrected chi connectivity index (χ4v) is 3.24. The van der Waals surface area contributed by atoms with Gasteiger partial charge in [0.25, 0.3) is 0 Å². The second-order valence-electron chi connectivity index (χ2n) is 7.39. The van der Waals surface area contributed by atoms with Crippen molar-refractivity contribution in [3.63, 3.8) is 0 Å². The molecule has 1 aromatic carbocycles. The number of aryl methyl sites for hydroxylation is 2. The fraction of sp³-hybridized carbons (Fsp3) is 0.524. The third-order valence-electron chi connectivity index (χ3n) is 4.93. The molecule has 29 heavy (non-hydrogen) atoms. The van der Waals surface area contributed by atoms with Crippen LogP contribution in [0.5, 0.6) is 0 Å². The largest absolute Gasteiger partial charge is 0.355 e. The summed E-state index contributed by atoms with van der Waals surface area (Å²) in [6.07, 6.45) is 0.899. The van der Waals surface area contributed by atoms with Crippen molar-refractivity contribution in [1.29, 1.82) is 0 Å². The maximum absolute atomic E-state index is 13.0. The summed E-state index contributed by atoms with van der Waals surface area (Å²) >= 11 is 0. The van der Waals surface area contributed by atoms with Crippen molar-refractivity contribution in [3.8, 4) is 0 Å². The summed E-state index contributed by atoms with van der Waals surface area (Å²) in [5.74, 6) is 0.593. The standard InChI is InChI=1S/C21H33FN6.HI/c1-15(13-20-16(2)26-28(6)17(20)3)25-21(23-4)24-11-12-27(5)14-18-7-9-19(22)10-8-18;/h7-10,15H,11-14H2,1-6H3,(H2,23,24,25);1H. The Labute approximate surface area is 191 Å². The summed E-state index contributed by atoms with van der Waals surface area (Å²) in [6, 6.07) is 6.89. The summed E-state index contributed by atoms with van der Waals surface area (Å²) < 4.78 is 14.9. The van der Waals surface area contributed by atoms with Crippen LogP contribution in [-0.2, 0) is 20.0 Å². The molecule has 0 spiro atoms. The van der Waals surface area contributed by atoms with E-state index in [9.17, 15) is 4.39 Å². The molecule has 0 fully saturated rings.